The number of carbonyl (C=O) groups is 3. The van der Waals surface area contributed by atoms with Gasteiger partial charge in [0.05, 0.1) is 36.8 Å². The van der Waals surface area contributed by atoms with Crippen LogP contribution in [0.4, 0.5) is 0 Å². The number of aliphatic hydroxyl groups is 4. The Morgan fingerprint density at radius 2 is 1.74 bits per heavy atom. The van der Waals surface area contributed by atoms with Crippen LogP contribution in [-0.4, -0.2) is 79.6 Å². The monoisotopic (exact) mass is 540 g/mol. The molecule has 5 N–H and O–H groups in total. The molecule has 10 heteroatoms. The van der Waals surface area contributed by atoms with E-state index in [2.05, 4.69) is 6.58 Å². The first kappa shape index (κ1) is 31.9. The highest BCUT2D eigenvalue weighted by atomic mass is 16.6. The van der Waals surface area contributed by atoms with Crippen LogP contribution in [0.5, 0.6) is 0 Å². The van der Waals surface area contributed by atoms with E-state index in [1.165, 1.54) is 13.8 Å². The molecule has 0 aromatic heterocycles. The topological polar surface area (TPSA) is 171 Å². The Kier molecular flexibility index (Phi) is 10.3. The van der Waals surface area contributed by atoms with E-state index >= 15 is 0 Å². The van der Waals surface area contributed by atoms with Crippen molar-refractivity contribution in [3.05, 3.63) is 23.8 Å². The fraction of sp³-hybridized carbons (Fsp3) is 0.750. The molecule has 0 radical (unpaired) electrons. The van der Waals surface area contributed by atoms with Crippen molar-refractivity contribution in [3.8, 4) is 0 Å². The second-order valence-corrected chi connectivity index (χ2v) is 12.0. The summed E-state index contributed by atoms with van der Waals surface area (Å²) in [6, 6.07) is 0. The maximum atomic E-state index is 12.3. The number of carbonyl (C=O) groups excluding carboxylic acids is 2. The fourth-order valence-corrected chi connectivity index (χ4v) is 6.05. The molecule has 2 aliphatic rings. The van der Waals surface area contributed by atoms with Crippen LogP contribution in [0, 0.1) is 17.3 Å². The molecule has 216 valence electrons. The number of aliphatic carboxylic acids is 1. The zero-order valence-electron chi connectivity index (χ0n) is 23.1. The number of hydrogen-bond donors (Lipinski definition) is 5. The van der Waals surface area contributed by atoms with Gasteiger partial charge in [0.15, 0.2) is 0 Å². The van der Waals surface area contributed by atoms with Gasteiger partial charge in [0.25, 0.3) is 0 Å². The van der Waals surface area contributed by atoms with E-state index in [1.807, 2.05) is 20.8 Å². The van der Waals surface area contributed by atoms with Gasteiger partial charge in [-0.3, -0.25) is 14.4 Å². The van der Waals surface area contributed by atoms with Crippen molar-refractivity contribution in [1.29, 1.82) is 0 Å². The summed E-state index contributed by atoms with van der Waals surface area (Å²) in [6.07, 6.45) is -0.746. The molecule has 0 aliphatic heterocycles. The van der Waals surface area contributed by atoms with Crippen LogP contribution in [0.3, 0.4) is 0 Å². The van der Waals surface area contributed by atoms with Gasteiger partial charge in [0, 0.05) is 18.3 Å². The normalized spacial score (nSPS) is 32.3. The van der Waals surface area contributed by atoms with Crippen molar-refractivity contribution < 1.29 is 49.4 Å². The van der Waals surface area contributed by atoms with E-state index in [9.17, 15) is 34.8 Å². The van der Waals surface area contributed by atoms with Gasteiger partial charge < -0.3 is 35.0 Å². The molecule has 1 saturated carbocycles. The summed E-state index contributed by atoms with van der Waals surface area (Å²) < 4.78 is 10.9. The highest BCUT2D eigenvalue weighted by Gasteiger charge is 2.54. The molecule has 0 spiro atoms. The van der Waals surface area contributed by atoms with Crippen LogP contribution in [0.25, 0.3) is 0 Å². The predicted molar refractivity (Wildman–Crippen MR) is 138 cm³/mol. The summed E-state index contributed by atoms with van der Waals surface area (Å²) in [5, 5.41) is 52.2. The Bertz CT molecular complexity index is 936. The molecule has 0 saturated heterocycles. The third-order valence-electron chi connectivity index (χ3n) is 8.24. The summed E-state index contributed by atoms with van der Waals surface area (Å²) in [5.74, 6) is -2.95. The lowest BCUT2D eigenvalue weighted by Gasteiger charge is -2.43. The van der Waals surface area contributed by atoms with Crippen LogP contribution in [-0.2, 0) is 23.9 Å². The second-order valence-electron chi connectivity index (χ2n) is 12.0. The van der Waals surface area contributed by atoms with E-state index in [4.69, 9.17) is 14.6 Å². The highest BCUT2D eigenvalue weighted by molar-refractivity contribution is 5.74. The molecule has 7 unspecified atom stereocenters. The Hall–Kier alpha value is -2.27. The Balaban J connectivity index is 2.34. The Morgan fingerprint density at radius 1 is 1.11 bits per heavy atom. The van der Waals surface area contributed by atoms with Crippen LogP contribution in [0.15, 0.2) is 23.8 Å². The number of hydrogen-bond acceptors (Lipinski definition) is 9. The number of rotatable bonds is 8. The van der Waals surface area contributed by atoms with Crippen LogP contribution < -0.4 is 0 Å². The van der Waals surface area contributed by atoms with Gasteiger partial charge in [0.2, 0.25) is 0 Å². The van der Waals surface area contributed by atoms with Gasteiger partial charge in [-0.15, -0.1) is 0 Å². The smallest absolute Gasteiger partial charge is 0.309 e. The Morgan fingerprint density at radius 3 is 2.32 bits per heavy atom. The maximum absolute atomic E-state index is 12.3. The molecule has 38 heavy (non-hydrogen) atoms. The third-order valence-corrected chi connectivity index (χ3v) is 8.24. The highest BCUT2D eigenvalue weighted by Crippen LogP contribution is 2.56. The molecule has 1 fully saturated rings. The van der Waals surface area contributed by atoms with Crippen molar-refractivity contribution in [2.45, 2.75) is 109 Å². The van der Waals surface area contributed by atoms with Gasteiger partial charge in [-0.1, -0.05) is 19.6 Å². The van der Waals surface area contributed by atoms with Crippen LogP contribution in [0.1, 0.15) is 79.6 Å². The summed E-state index contributed by atoms with van der Waals surface area (Å²) in [5.41, 5.74) is -2.57. The van der Waals surface area contributed by atoms with E-state index in [0.717, 1.165) is 0 Å². The zero-order chi connectivity index (χ0) is 29.1. The quantitative estimate of drug-likeness (QED) is 0.227. The molecule has 10 nitrogen and oxygen atoms in total. The second kappa shape index (κ2) is 12.3. The van der Waals surface area contributed by atoms with Crippen LogP contribution in [0.2, 0.25) is 0 Å². The molecule has 2 aliphatic carbocycles. The minimum absolute atomic E-state index is 0.173. The molecule has 7 atom stereocenters. The van der Waals surface area contributed by atoms with E-state index in [-0.39, 0.29) is 43.3 Å². The van der Waals surface area contributed by atoms with E-state index in [0.29, 0.717) is 18.4 Å². The average molecular weight is 541 g/mol. The van der Waals surface area contributed by atoms with Gasteiger partial charge in [-0.05, 0) is 69.9 Å². The number of aliphatic hydroxyl groups excluding tert-OH is 3. The van der Waals surface area contributed by atoms with Gasteiger partial charge in [0.1, 0.15) is 12.2 Å². The molecular weight excluding hydrogens is 496 g/mol. The van der Waals surface area contributed by atoms with Gasteiger partial charge >= 0.3 is 17.9 Å². The standard InChI is InChI=1S/C28H44O10/c1-16-21(30)8-7-18(15-37-25(35)14-27(5,36)13-24(33)34)11-23(32)28(6)10-9-19(20(28)12-22(16)31)26(3,4)38-17(2)29/h11,19-23,30-32,36H,1,7-10,12-15H2,2-6H3,(H,33,34). The summed E-state index contributed by atoms with van der Waals surface area (Å²) in [4.78, 5) is 35.0. The molecule has 2 rings (SSSR count). The number of ether oxygens (including phenoxy) is 2. The average Bonchev–Trinajstić information content (AvgIpc) is 3.09. The lowest BCUT2D eigenvalue weighted by molar-refractivity contribution is -0.162. The number of fused-ring (bicyclic) bond motifs is 1. The molecule has 0 bridgehead atoms. The molecule has 0 heterocycles. The first-order chi connectivity index (χ1) is 17.4. The summed E-state index contributed by atoms with van der Waals surface area (Å²) in [7, 11) is 0. The summed E-state index contributed by atoms with van der Waals surface area (Å²) >= 11 is 0. The Labute approximate surface area is 224 Å². The minimum atomic E-state index is -1.77. The molecule has 0 aromatic rings. The van der Waals surface area contributed by atoms with Crippen molar-refractivity contribution in [1.82, 2.24) is 0 Å². The summed E-state index contributed by atoms with van der Waals surface area (Å²) in [6.45, 7) is 11.8. The van der Waals surface area contributed by atoms with E-state index in [1.54, 1.807) is 6.08 Å². The van der Waals surface area contributed by atoms with E-state index < -0.39 is 65.7 Å². The van der Waals surface area contributed by atoms with Gasteiger partial charge in [-0.2, -0.15) is 0 Å². The van der Waals surface area contributed by atoms with Crippen LogP contribution >= 0.6 is 0 Å². The first-order valence-electron chi connectivity index (χ1n) is 13.1. The first-order valence-corrected chi connectivity index (χ1v) is 13.1. The lowest BCUT2D eigenvalue weighted by Crippen LogP contribution is -2.45. The van der Waals surface area contributed by atoms with Crippen molar-refractivity contribution in [2.24, 2.45) is 17.3 Å². The minimum Gasteiger partial charge on any atom is -0.481 e. The van der Waals surface area contributed by atoms with Gasteiger partial charge in [-0.25, -0.2) is 0 Å². The number of carboxylic acid groups (broad SMARTS) is 1. The predicted octanol–water partition coefficient (Wildman–Crippen LogP) is 2.27. The zero-order valence-corrected chi connectivity index (χ0v) is 23.1. The van der Waals surface area contributed by atoms with Crippen molar-refractivity contribution >= 4 is 17.9 Å². The molecule has 0 aromatic carbocycles. The largest absolute Gasteiger partial charge is 0.481 e. The lowest BCUT2D eigenvalue weighted by atomic mass is 9.67. The third kappa shape index (κ3) is 8.11. The number of carboxylic acids is 1. The molecule has 0 amide bonds. The van der Waals surface area contributed by atoms with Crippen molar-refractivity contribution in [3.63, 3.8) is 0 Å². The maximum Gasteiger partial charge on any atom is 0.309 e. The van der Waals surface area contributed by atoms with Crippen molar-refractivity contribution in [2.75, 3.05) is 6.61 Å². The number of esters is 2. The SMILES string of the molecule is C=C1C(O)CCC(COC(=O)CC(C)(O)CC(=O)O)=CC(O)C2(C)CCC(C(C)(C)OC(C)=O)C2CC1O. The molecular formula is C28H44O10. The fourth-order valence-electron chi connectivity index (χ4n) is 6.05.